The largest absolute Gasteiger partial charge is 0.345 e. The van der Waals surface area contributed by atoms with Gasteiger partial charge in [-0.3, -0.25) is 4.90 Å². The standard InChI is InChI=1S/C21H25N3/c1-21(2,3)23-10-11-24-18(14-23)12-19(20(24)17-8-9-17)16-6-4-15(13-22)5-7-16/h4-7,12,17H,8-11,14H2,1-3H3. The summed E-state index contributed by atoms with van der Waals surface area (Å²) in [5.74, 6) is 0.727. The molecule has 0 amide bonds. The third-order valence-corrected chi connectivity index (χ3v) is 5.41. The molecule has 1 aliphatic heterocycles. The van der Waals surface area contributed by atoms with Crippen LogP contribution in [-0.4, -0.2) is 21.6 Å². The molecule has 1 saturated carbocycles. The molecule has 3 nitrogen and oxygen atoms in total. The van der Waals surface area contributed by atoms with Crippen LogP contribution in [-0.2, 0) is 13.1 Å². The summed E-state index contributed by atoms with van der Waals surface area (Å²) in [6, 6.07) is 12.7. The van der Waals surface area contributed by atoms with E-state index in [4.69, 9.17) is 5.26 Å². The van der Waals surface area contributed by atoms with E-state index in [9.17, 15) is 0 Å². The van der Waals surface area contributed by atoms with Gasteiger partial charge < -0.3 is 4.57 Å². The Kier molecular flexibility index (Phi) is 3.54. The second-order valence-corrected chi connectivity index (χ2v) is 8.14. The number of benzene rings is 1. The maximum Gasteiger partial charge on any atom is 0.0991 e. The maximum absolute atomic E-state index is 9.03. The molecule has 1 aromatic carbocycles. The van der Waals surface area contributed by atoms with Crippen LogP contribution in [0.2, 0.25) is 0 Å². The van der Waals surface area contributed by atoms with Gasteiger partial charge in [0.15, 0.2) is 0 Å². The predicted molar refractivity (Wildman–Crippen MR) is 96.7 cm³/mol. The molecule has 0 radical (unpaired) electrons. The van der Waals surface area contributed by atoms with E-state index in [1.807, 2.05) is 12.1 Å². The van der Waals surface area contributed by atoms with Crippen molar-refractivity contribution < 1.29 is 0 Å². The van der Waals surface area contributed by atoms with Gasteiger partial charge in [-0.25, -0.2) is 0 Å². The molecule has 124 valence electrons. The number of hydrogen-bond donors (Lipinski definition) is 0. The Labute approximate surface area is 144 Å². The van der Waals surface area contributed by atoms with Crippen LogP contribution in [0.1, 0.15) is 56.5 Å². The number of fused-ring (bicyclic) bond motifs is 1. The smallest absolute Gasteiger partial charge is 0.0991 e. The van der Waals surface area contributed by atoms with Crippen LogP contribution in [0.4, 0.5) is 0 Å². The van der Waals surface area contributed by atoms with Crippen LogP contribution in [0.15, 0.2) is 30.3 Å². The molecule has 3 heteroatoms. The van der Waals surface area contributed by atoms with E-state index in [2.05, 4.69) is 54.5 Å². The Bertz CT molecular complexity index is 795. The van der Waals surface area contributed by atoms with E-state index in [1.165, 1.54) is 35.4 Å². The molecular formula is C21H25N3. The zero-order chi connectivity index (χ0) is 16.9. The number of nitrogens with zero attached hydrogens (tertiary/aromatic N) is 3. The van der Waals surface area contributed by atoms with Gasteiger partial charge in [0.05, 0.1) is 11.6 Å². The van der Waals surface area contributed by atoms with Gasteiger partial charge in [0.1, 0.15) is 0 Å². The summed E-state index contributed by atoms with van der Waals surface area (Å²) in [5, 5.41) is 9.03. The van der Waals surface area contributed by atoms with Gasteiger partial charge in [-0.05, 0) is 63.3 Å². The molecule has 4 rings (SSSR count). The van der Waals surface area contributed by atoms with Crippen LogP contribution in [0, 0.1) is 11.3 Å². The Hall–Kier alpha value is -2.05. The number of hydrogen-bond acceptors (Lipinski definition) is 2. The van der Waals surface area contributed by atoms with E-state index in [0.717, 1.165) is 31.1 Å². The summed E-state index contributed by atoms with van der Waals surface area (Å²) in [5.41, 5.74) is 6.55. The lowest BCUT2D eigenvalue weighted by atomic mass is 10.0. The second-order valence-electron chi connectivity index (χ2n) is 8.14. The molecule has 1 aromatic heterocycles. The second kappa shape index (κ2) is 5.50. The van der Waals surface area contributed by atoms with Crippen LogP contribution in [0.5, 0.6) is 0 Å². The van der Waals surface area contributed by atoms with Crippen molar-refractivity contribution in [2.45, 2.75) is 58.2 Å². The van der Waals surface area contributed by atoms with E-state index in [1.54, 1.807) is 0 Å². The molecule has 0 unspecified atom stereocenters. The fraction of sp³-hybridized carbons (Fsp3) is 0.476. The summed E-state index contributed by atoms with van der Waals surface area (Å²) < 4.78 is 2.58. The Morgan fingerprint density at radius 3 is 2.38 bits per heavy atom. The third kappa shape index (κ3) is 2.65. The summed E-state index contributed by atoms with van der Waals surface area (Å²) in [7, 11) is 0. The van der Waals surface area contributed by atoms with Gasteiger partial charge in [-0.15, -0.1) is 0 Å². The number of nitriles is 1. The van der Waals surface area contributed by atoms with Crippen molar-refractivity contribution in [1.82, 2.24) is 9.47 Å². The minimum absolute atomic E-state index is 0.212. The van der Waals surface area contributed by atoms with Crippen molar-refractivity contribution >= 4 is 0 Å². The SMILES string of the molecule is CC(C)(C)N1CCn2c(cc(-c3ccc(C#N)cc3)c2C2CC2)C1. The molecule has 24 heavy (non-hydrogen) atoms. The zero-order valence-electron chi connectivity index (χ0n) is 14.8. The molecule has 0 atom stereocenters. The van der Waals surface area contributed by atoms with Gasteiger partial charge in [0.25, 0.3) is 0 Å². The van der Waals surface area contributed by atoms with E-state index >= 15 is 0 Å². The Balaban J connectivity index is 1.76. The van der Waals surface area contributed by atoms with Crippen LogP contribution < -0.4 is 0 Å². The van der Waals surface area contributed by atoms with Crippen molar-refractivity contribution in [3.63, 3.8) is 0 Å². The van der Waals surface area contributed by atoms with Gasteiger partial charge in [-0.1, -0.05) is 12.1 Å². The summed E-state index contributed by atoms with van der Waals surface area (Å²) in [6.07, 6.45) is 2.63. The van der Waals surface area contributed by atoms with E-state index < -0.39 is 0 Å². The highest BCUT2D eigenvalue weighted by Crippen LogP contribution is 2.46. The molecular weight excluding hydrogens is 294 g/mol. The van der Waals surface area contributed by atoms with Gasteiger partial charge in [0, 0.05) is 42.1 Å². The summed E-state index contributed by atoms with van der Waals surface area (Å²) >= 11 is 0. The molecule has 0 N–H and O–H groups in total. The van der Waals surface area contributed by atoms with Crippen molar-refractivity contribution in [2.24, 2.45) is 0 Å². The molecule has 1 aliphatic carbocycles. The average molecular weight is 319 g/mol. The van der Waals surface area contributed by atoms with Gasteiger partial charge in [-0.2, -0.15) is 5.26 Å². The Morgan fingerprint density at radius 1 is 1.08 bits per heavy atom. The fourth-order valence-electron chi connectivity index (χ4n) is 3.83. The summed E-state index contributed by atoms with van der Waals surface area (Å²) in [6.45, 7) is 10.1. The van der Waals surface area contributed by atoms with Crippen LogP contribution >= 0.6 is 0 Å². The lowest BCUT2D eigenvalue weighted by Crippen LogP contribution is -2.45. The van der Waals surface area contributed by atoms with Crippen molar-refractivity contribution in [3.8, 4) is 17.2 Å². The van der Waals surface area contributed by atoms with Crippen molar-refractivity contribution in [2.75, 3.05) is 6.54 Å². The Morgan fingerprint density at radius 2 is 1.79 bits per heavy atom. The van der Waals surface area contributed by atoms with Crippen LogP contribution in [0.3, 0.4) is 0 Å². The normalized spacial score (nSPS) is 18.2. The minimum Gasteiger partial charge on any atom is -0.345 e. The molecule has 2 heterocycles. The zero-order valence-corrected chi connectivity index (χ0v) is 14.8. The molecule has 2 aliphatic rings. The highest BCUT2D eigenvalue weighted by atomic mass is 15.2. The third-order valence-electron chi connectivity index (χ3n) is 5.41. The highest BCUT2D eigenvalue weighted by molar-refractivity contribution is 5.69. The van der Waals surface area contributed by atoms with Crippen LogP contribution in [0.25, 0.3) is 11.1 Å². The van der Waals surface area contributed by atoms with Gasteiger partial charge >= 0.3 is 0 Å². The first-order valence-electron chi connectivity index (χ1n) is 8.95. The molecule has 0 spiro atoms. The molecule has 0 saturated heterocycles. The molecule has 2 aromatic rings. The monoisotopic (exact) mass is 319 g/mol. The highest BCUT2D eigenvalue weighted by Gasteiger charge is 2.34. The minimum atomic E-state index is 0.212. The number of rotatable bonds is 2. The predicted octanol–water partition coefficient (Wildman–Crippen LogP) is 4.52. The molecule has 0 bridgehead atoms. The quantitative estimate of drug-likeness (QED) is 0.815. The lowest BCUT2D eigenvalue weighted by molar-refractivity contribution is 0.102. The van der Waals surface area contributed by atoms with E-state index in [0.29, 0.717) is 0 Å². The first-order valence-corrected chi connectivity index (χ1v) is 8.95. The van der Waals surface area contributed by atoms with Crippen molar-refractivity contribution in [1.29, 1.82) is 5.26 Å². The average Bonchev–Trinajstić information content (AvgIpc) is 3.33. The number of aromatic nitrogens is 1. The first-order chi connectivity index (χ1) is 11.5. The van der Waals surface area contributed by atoms with Gasteiger partial charge in [0.2, 0.25) is 0 Å². The topological polar surface area (TPSA) is 32.0 Å². The summed E-state index contributed by atoms with van der Waals surface area (Å²) in [4.78, 5) is 2.57. The van der Waals surface area contributed by atoms with E-state index in [-0.39, 0.29) is 5.54 Å². The van der Waals surface area contributed by atoms with Crippen molar-refractivity contribution in [3.05, 3.63) is 47.3 Å². The maximum atomic E-state index is 9.03. The molecule has 1 fully saturated rings. The fourth-order valence-corrected chi connectivity index (χ4v) is 3.83. The lowest BCUT2D eigenvalue weighted by Gasteiger charge is -2.39. The first kappa shape index (κ1) is 15.5.